The molecular formula is C23H23N5. The van der Waals surface area contributed by atoms with Crippen LogP contribution in [0.1, 0.15) is 37.7 Å². The zero-order chi connectivity index (χ0) is 20.1. The number of aromatic nitrogens is 4. The van der Waals surface area contributed by atoms with E-state index in [-0.39, 0.29) is 0 Å². The van der Waals surface area contributed by atoms with Crippen molar-refractivity contribution in [3.05, 3.63) is 71.8 Å². The maximum Gasteiger partial charge on any atom is 0.139 e. The van der Waals surface area contributed by atoms with Crippen molar-refractivity contribution in [3.63, 3.8) is 0 Å². The Morgan fingerprint density at radius 2 is 1.79 bits per heavy atom. The predicted octanol–water partition coefficient (Wildman–Crippen LogP) is 5.23. The Morgan fingerprint density at radius 3 is 2.43 bits per heavy atom. The average Bonchev–Trinajstić information content (AvgIpc) is 3.13. The highest BCUT2D eigenvalue weighted by molar-refractivity contribution is 5.80. The molecule has 0 unspecified atom stereocenters. The Bertz CT molecular complexity index is 1130. The van der Waals surface area contributed by atoms with E-state index in [4.69, 9.17) is 4.98 Å². The second-order valence-corrected chi connectivity index (χ2v) is 6.10. The van der Waals surface area contributed by atoms with Crippen molar-refractivity contribution < 1.29 is 0 Å². The number of aryl methyl sites for hydroxylation is 2. The Labute approximate surface area is 165 Å². The molecule has 140 valence electrons. The monoisotopic (exact) mass is 369 g/mol. The molecule has 0 aliphatic heterocycles. The van der Waals surface area contributed by atoms with Gasteiger partial charge in [0.25, 0.3) is 0 Å². The van der Waals surface area contributed by atoms with E-state index in [1.807, 2.05) is 37.4 Å². The fourth-order valence-electron chi connectivity index (χ4n) is 3.05. The Kier molecular flexibility index (Phi) is 5.81. The summed E-state index contributed by atoms with van der Waals surface area (Å²) < 4.78 is 1.98. The van der Waals surface area contributed by atoms with Gasteiger partial charge in [-0.3, -0.25) is 4.40 Å². The van der Waals surface area contributed by atoms with Crippen LogP contribution in [0.4, 0.5) is 0 Å². The van der Waals surface area contributed by atoms with Crippen LogP contribution in [-0.4, -0.2) is 19.4 Å². The van der Waals surface area contributed by atoms with Crippen LogP contribution in [0.15, 0.2) is 54.9 Å². The van der Waals surface area contributed by atoms with E-state index in [9.17, 15) is 5.26 Å². The lowest BCUT2D eigenvalue weighted by atomic mass is 10.1. The quantitative estimate of drug-likeness (QED) is 0.496. The summed E-state index contributed by atoms with van der Waals surface area (Å²) in [5.41, 5.74) is 6.18. The fourth-order valence-corrected chi connectivity index (χ4v) is 3.05. The topological polar surface area (TPSA) is 66.9 Å². The molecule has 4 rings (SSSR count). The summed E-state index contributed by atoms with van der Waals surface area (Å²) in [6.07, 6.45) is 4.62. The Hall–Kier alpha value is -3.52. The number of hydrogen-bond donors (Lipinski definition) is 0. The number of hydrogen-bond acceptors (Lipinski definition) is 4. The minimum atomic E-state index is 0.584. The molecule has 0 fully saturated rings. The molecule has 3 aromatic heterocycles. The van der Waals surface area contributed by atoms with Crippen molar-refractivity contribution in [2.24, 2.45) is 0 Å². The highest BCUT2D eigenvalue weighted by Gasteiger charge is 2.17. The van der Waals surface area contributed by atoms with Crippen molar-refractivity contribution in [1.29, 1.82) is 5.26 Å². The van der Waals surface area contributed by atoms with E-state index >= 15 is 0 Å². The summed E-state index contributed by atoms with van der Waals surface area (Å²) in [6, 6.07) is 16.1. The summed E-state index contributed by atoms with van der Waals surface area (Å²) in [4.78, 5) is 13.6. The molecule has 28 heavy (non-hydrogen) atoms. The smallest absolute Gasteiger partial charge is 0.139 e. The van der Waals surface area contributed by atoms with Crippen LogP contribution in [0.25, 0.3) is 28.3 Å². The summed E-state index contributed by atoms with van der Waals surface area (Å²) in [5, 5.41) is 9.19. The van der Waals surface area contributed by atoms with Gasteiger partial charge in [0.15, 0.2) is 0 Å². The molecular weight excluding hydrogens is 346 g/mol. The Balaban J connectivity index is 0.00000109. The van der Waals surface area contributed by atoms with E-state index < -0.39 is 0 Å². The average molecular weight is 369 g/mol. The van der Waals surface area contributed by atoms with Gasteiger partial charge in [-0.25, -0.2) is 15.0 Å². The maximum atomic E-state index is 9.19. The second kappa shape index (κ2) is 8.45. The van der Waals surface area contributed by atoms with Crippen LogP contribution in [0.3, 0.4) is 0 Å². The van der Waals surface area contributed by atoms with Crippen LogP contribution >= 0.6 is 0 Å². The molecule has 0 radical (unpaired) electrons. The van der Waals surface area contributed by atoms with E-state index in [0.29, 0.717) is 11.4 Å². The van der Waals surface area contributed by atoms with E-state index in [1.165, 1.54) is 5.56 Å². The van der Waals surface area contributed by atoms with Gasteiger partial charge in [-0.05, 0) is 37.1 Å². The third kappa shape index (κ3) is 3.63. The molecule has 0 N–H and O–H groups in total. The largest absolute Gasteiger partial charge is 0.298 e. The molecule has 0 spiro atoms. The van der Waals surface area contributed by atoms with Gasteiger partial charge in [-0.1, -0.05) is 45.0 Å². The molecule has 5 nitrogen and oxygen atoms in total. The van der Waals surface area contributed by atoms with E-state index in [1.54, 1.807) is 18.3 Å². The van der Waals surface area contributed by atoms with Gasteiger partial charge in [0, 0.05) is 18.0 Å². The van der Waals surface area contributed by atoms with E-state index in [2.05, 4.69) is 47.2 Å². The molecule has 0 aliphatic rings. The molecule has 5 heteroatoms. The third-order valence-electron chi connectivity index (χ3n) is 4.41. The van der Waals surface area contributed by atoms with Crippen LogP contribution in [0, 0.1) is 18.3 Å². The van der Waals surface area contributed by atoms with Crippen molar-refractivity contribution in [2.45, 2.75) is 34.1 Å². The van der Waals surface area contributed by atoms with Crippen LogP contribution in [-0.2, 0) is 6.42 Å². The molecule has 0 amide bonds. The van der Waals surface area contributed by atoms with Gasteiger partial charge in [0.1, 0.15) is 11.5 Å². The lowest BCUT2D eigenvalue weighted by Crippen LogP contribution is -1.95. The first kappa shape index (κ1) is 19.2. The third-order valence-corrected chi connectivity index (χ3v) is 4.41. The molecule has 0 bridgehead atoms. The Morgan fingerprint density at radius 1 is 1.04 bits per heavy atom. The first-order valence-corrected chi connectivity index (χ1v) is 9.51. The highest BCUT2D eigenvalue weighted by Crippen LogP contribution is 2.32. The number of nitrogens with zero attached hydrogens (tertiary/aromatic N) is 5. The first-order chi connectivity index (χ1) is 13.7. The summed E-state index contributed by atoms with van der Waals surface area (Å²) >= 11 is 0. The van der Waals surface area contributed by atoms with Gasteiger partial charge in [-0.2, -0.15) is 5.26 Å². The number of imidazole rings is 1. The van der Waals surface area contributed by atoms with E-state index in [0.717, 1.165) is 34.7 Å². The van der Waals surface area contributed by atoms with Crippen LogP contribution < -0.4 is 0 Å². The molecule has 0 atom stereocenters. The minimum Gasteiger partial charge on any atom is -0.298 e. The fraction of sp³-hybridized carbons (Fsp3) is 0.217. The molecule has 3 heterocycles. The predicted molar refractivity (Wildman–Crippen MR) is 112 cm³/mol. The zero-order valence-electron chi connectivity index (χ0n) is 16.6. The minimum absolute atomic E-state index is 0.584. The molecule has 1 aromatic carbocycles. The highest BCUT2D eigenvalue weighted by atomic mass is 15.0. The van der Waals surface area contributed by atoms with Crippen molar-refractivity contribution in [3.8, 4) is 28.7 Å². The number of pyridine rings is 1. The van der Waals surface area contributed by atoms with Crippen LogP contribution in [0.5, 0.6) is 0 Å². The molecule has 0 saturated heterocycles. The molecule has 0 saturated carbocycles. The van der Waals surface area contributed by atoms with Crippen molar-refractivity contribution in [2.75, 3.05) is 0 Å². The summed E-state index contributed by atoms with van der Waals surface area (Å²) in [5.74, 6) is 0.707. The van der Waals surface area contributed by atoms with Crippen LogP contribution in [0.2, 0.25) is 0 Å². The van der Waals surface area contributed by atoms with Gasteiger partial charge in [0.2, 0.25) is 0 Å². The molecule has 0 aliphatic carbocycles. The zero-order valence-corrected chi connectivity index (χ0v) is 16.6. The number of benzene rings is 1. The van der Waals surface area contributed by atoms with Gasteiger partial charge in [-0.15, -0.1) is 0 Å². The number of fused-ring (bicyclic) bond motifs is 1. The van der Waals surface area contributed by atoms with Gasteiger partial charge < -0.3 is 0 Å². The number of rotatable bonds is 3. The van der Waals surface area contributed by atoms with Gasteiger partial charge in [0.05, 0.1) is 28.7 Å². The second-order valence-electron chi connectivity index (χ2n) is 6.10. The molecule has 4 aromatic rings. The van der Waals surface area contributed by atoms with Crippen molar-refractivity contribution >= 4 is 5.65 Å². The SMILES string of the molecule is CC.CCc1ccc(-c2nc3cc(C#N)ccn3c2-c2ccnc(C)n2)cc1. The van der Waals surface area contributed by atoms with Gasteiger partial charge >= 0.3 is 0 Å². The summed E-state index contributed by atoms with van der Waals surface area (Å²) in [6.45, 7) is 8.01. The lowest BCUT2D eigenvalue weighted by molar-refractivity contribution is 1.04. The number of nitriles is 1. The first-order valence-electron chi connectivity index (χ1n) is 9.51. The normalized spacial score (nSPS) is 10.2. The lowest BCUT2D eigenvalue weighted by Gasteiger charge is -2.06. The van der Waals surface area contributed by atoms with Crippen molar-refractivity contribution in [1.82, 2.24) is 19.4 Å². The standard InChI is InChI=1S/C21H17N5.C2H6/c1-3-15-4-6-17(7-5-15)20-21(18-8-10-23-14(2)24-18)26-11-9-16(13-22)12-19(26)25-20;1-2/h4-12H,3H2,1-2H3;1-2H3. The summed E-state index contributed by atoms with van der Waals surface area (Å²) in [7, 11) is 0. The maximum absolute atomic E-state index is 9.19.